The number of likely N-dealkylation sites (tertiary alicyclic amines) is 1. The van der Waals surface area contributed by atoms with E-state index in [1.165, 1.54) is 18.5 Å². The van der Waals surface area contributed by atoms with Gasteiger partial charge in [-0.2, -0.15) is 0 Å². The van der Waals surface area contributed by atoms with Gasteiger partial charge in [-0.05, 0) is 43.9 Å². The van der Waals surface area contributed by atoms with E-state index in [0.717, 1.165) is 11.6 Å². The fourth-order valence-electron chi connectivity index (χ4n) is 2.88. The van der Waals surface area contributed by atoms with Gasteiger partial charge < -0.3 is 5.73 Å². The van der Waals surface area contributed by atoms with E-state index < -0.39 is 0 Å². The van der Waals surface area contributed by atoms with Crippen LogP contribution in [0.25, 0.3) is 0 Å². The third-order valence-corrected chi connectivity index (χ3v) is 3.72. The monoisotopic (exact) mass is 218 g/mol. The smallest absolute Gasteiger partial charge is 0.0323 e. The van der Waals surface area contributed by atoms with Crippen LogP contribution in [0.3, 0.4) is 0 Å². The van der Waals surface area contributed by atoms with Crippen LogP contribution in [0.2, 0.25) is 0 Å². The van der Waals surface area contributed by atoms with Crippen molar-refractivity contribution in [1.29, 1.82) is 0 Å². The van der Waals surface area contributed by atoms with Crippen molar-refractivity contribution in [2.45, 2.75) is 39.3 Å². The molecule has 1 aromatic rings. The summed E-state index contributed by atoms with van der Waals surface area (Å²) in [5.41, 5.74) is 8.04. The maximum atomic E-state index is 5.84. The average molecular weight is 218 g/mol. The van der Waals surface area contributed by atoms with Gasteiger partial charge in [-0.3, -0.25) is 4.90 Å². The Bertz CT molecular complexity index is 362. The number of nitrogen functional groups attached to an aromatic ring is 1. The van der Waals surface area contributed by atoms with Crippen LogP contribution in [0.5, 0.6) is 0 Å². The van der Waals surface area contributed by atoms with Crippen LogP contribution in [0.15, 0.2) is 24.3 Å². The minimum Gasteiger partial charge on any atom is -0.399 e. The molecule has 0 aliphatic carbocycles. The van der Waals surface area contributed by atoms with Crippen LogP contribution >= 0.6 is 0 Å². The van der Waals surface area contributed by atoms with E-state index in [1.54, 1.807) is 0 Å². The molecular weight excluding hydrogens is 196 g/mol. The van der Waals surface area contributed by atoms with Gasteiger partial charge in [0.2, 0.25) is 0 Å². The molecule has 3 atom stereocenters. The van der Waals surface area contributed by atoms with Gasteiger partial charge >= 0.3 is 0 Å². The van der Waals surface area contributed by atoms with E-state index in [4.69, 9.17) is 5.73 Å². The van der Waals surface area contributed by atoms with Crippen LogP contribution in [0, 0.1) is 5.92 Å². The fourth-order valence-corrected chi connectivity index (χ4v) is 2.88. The van der Waals surface area contributed by atoms with Crippen molar-refractivity contribution in [3.05, 3.63) is 29.8 Å². The molecule has 1 aliphatic rings. The van der Waals surface area contributed by atoms with Gasteiger partial charge in [-0.15, -0.1) is 0 Å². The summed E-state index contributed by atoms with van der Waals surface area (Å²) in [5, 5.41) is 0. The van der Waals surface area contributed by atoms with Gasteiger partial charge in [-0.1, -0.05) is 19.1 Å². The Balaban J connectivity index is 2.16. The molecule has 0 radical (unpaired) electrons. The van der Waals surface area contributed by atoms with Gasteiger partial charge in [-0.25, -0.2) is 0 Å². The van der Waals surface area contributed by atoms with Crippen LogP contribution in [0.4, 0.5) is 5.69 Å². The molecule has 0 spiro atoms. The highest BCUT2D eigenvalue weighted by Gasteiger charge is 2.30. The normalized spacial score (nSPS) is 28.2. The summed E-state index contributed by atoms with van der Waals surface area (Å²) >= 11 is 0. The number of anilines is 1. The lowest BCUT2D eigenvalue weighted by atomic mass is 10.1. The van der Waals surface area contributed by atoms with E-state index in [2.05, 4.69) is 37.8 Å². The molecule has 1 aromatic carbocycles. The van der Waals surface area contributed by atoms with Gasteiger partial charge in [0.1, 0.15) is 0 Å². The summed E-state index contributed by atoms with van der Waals surface area (Å²) in [4.78, 5) is 2.58. The molecule has 0 bridgehead atoms. The number of rotatable bonds is 2. The zero-order valence-corrected chi connectivity index (χ0v) is 10.5. The maximum absolute atomic E-state index is 5.84. The Morgan fingerprint density at radius 2 is 2.12 bits per heavy atom. The molecule has 0 amide bonds. The number of hydrogen-bond donors (Lipinski definition) is 1. The number of benzene rings is 1. The SMILES string of the molecule is CC1CC(C)N(C(C)c2cccc(N)c2)C1. The molecule has 88 valence electrons. The van der Waals surface area contributed by atoms with Crippen LogP contribution in [0.1, 0.15) is 38.8 Å². The van der Waals surface area contributed by atoms with Crippen molar-refractivity contribution in [1.82, 2.24) is 4.90 Å². The summed E-state index contributed by atoms with van der Waals surface area (Å²) in [6.45, 7) is 8.15. The van der Waals surface area contributed by atoms with E-state index in [1.807, 2.05) is 12.1 Å². The molecular formula is C14H22N2. The third-order valence-electron chi connectivity index (χ3n) is 3.72. The highest BCUT2D eigenvalue weighted by Crippen LogP contribution is 2.32. The second kappa shape index (κ2) is 4.46. The predicted molar refractivity (Wildman–Crippen MR) is 69.2 cm³/mol. The molecule has 3 unspecified atom stereocenters. The first-order valence-corrected chi connectivity index (χ1v) is 6.19. The van der Waals surface area contributed by atoms with Crippen LogP contribution in [-0.2, 0) is 0 Å². The summed E-state index contributed by atoms with van der Waals surface area (Å²) in [6.07, 6.45) is 1.31. The van der Waals surface area contributed by atoms with Crippen molar-refractivity contribution in [3.8, 4) is 0 Å². The lowest BCUT2D eigenvalue weighted by molar-refractivity contribution is 0.201. The average Bonchev–Trinajstić information content (AvgIpc) is 2.57. The minimum atomic E-state index is 0.475. The van der Waals surface area contributed by atoms with Crippen LogP contribution in [-0.4, -0.2) is 17.5 Å². The van der Waals surface area contributed by atoms with E-state index in [9.17, 15) is 0 Å². The Morgan fingerprint density at radius 1 is 1.38 bits per heavy atom. The minimum absolute atomic E-state index is 0.475. The lowest BCUT2D eigenvalue weighted by Gasteiger charge is -2.29. The maximum Gasteiger partial charge on any atom is 0.0323 e. The molecule has 0 aromatic heterocycles. The number of hydrogen-bond acceptors (Lipinski definition) is 2. The van der Waals surface area contributed by atoms with Crippen molar-refractivity contribution in [3.63, 3.8) is 0 Å². The summed E-state index contributed by atoms with van der Waals surface area (Å²) in [6, 6.07) is 9.43. The molecule has 1 heterocycles. The second-order valence-corrected chi connectivity index (χ2v) is 5.23. The Hall–Kier alpha value is -1.02. The Kier molecular flexibility index (Phi) is 3.20. The highest BCUT2D eigenvalue weighted by atomic mass is 15.2. The molecule has 0 saturated carbocycles. The Labute approximate surface area is 98.4 Å². The van der Waals surface area contributed by atoms with Gasteiger partial charge in [0, 0.05) is 24.3 Å². The molecule has 2 nitrogen and oxygen atoms in total. The quantitative estimate of drug-likeness (QED) is 0.773. The van der Waals surface area contributed by atoms with Crippen molar-refractivity contribution in [2.24, 2.45) is 5.92 Å². The zero-order valence-electron chi connectivity index (χ0n) is 10.5. The highest BCUT2D eigenvalue weighted by molar-refractivity contribution is 5.41. The molecule has 1 fully saturated rings. The van der Waals surface area contributed by atoms with E-state index >= 15 is 0 Å². The largest absolute Gasteiger partial charge is 0.399 e. The molecule has 1 aliphatic heterocycles. The topological polar surface area (TPSA) is 29.3 Å². The Morgan fingerprint density at radius 3 is 2.69 bits per heavy atom. The summed E-state index contributed by atoms with van der Waals surface area (Å²) in [5.74, 6) is 0.818. The first kappa shape index (κ1) is 11.5. The second-order valence-electron chi connectivity index (χ2n) is 5.23. The lowest BCUT2D eigenvalue weighted by Crippen LogP contribution is -2.30. The zero-order chi connectivity index (χ0) is 11.7. The molecule has 16 heavy (non-hydrogen) atoms. The predicted octanol–water partition coefficient (Wildman–Crippen LogP) is 3.06. The molecule has 1 saturated heterocycles. The standard InChI is InChI=1S/C14H22N2/c1-10-7-11(2)16(9-10)12(3)13-5-4-6-14(15)8-13/h4-6,8,10-12H,7,9,15H2,1-3H3. The summed E-state index contributed by atoms with van der Waals surface area (Å²) in [7, 11) is 0. The van der Waals surface area contributed by atoms with Crippen molar-refractivity contribution in [2.75, 3.05) is 12.3 Å². The molecule has 2 rings (SSSR count). The number of nitrogens with two attached hydrogens (primary N) is 1. The van der Waals surface area contributed by atoms with Crippen molar-refractivity contribution >= 4 is 5.69 Å². The first-order chi connectivity index (χ1) is 7.58. The van der Waals surface area contributed by atoms with Gasteiger partial charge in [0.25, 0.3) is 0 Å². The van der Waals surface area contributed by atoms with Crippen LogP contribution < -0.4 is 5.73 Å². The molecule has 2 N–H and O–H groups in total. The van der Waals surface area contributed by atoms with Crippen molar-refractivity contribution < 1.29 is 0 Å². The summed E-state index contributed by atoms with van der Waals surface area (Å²) < 4.78 is 0. The van der Waals surface area contributed by atoms with Gasteiger partial charge in [0.15, 0.2) is 0 Å². The van der Waals surface area contributed by atoms with E-state index in [-0.39, 0.29) is 0 Å². The molecule has 2 heteroatoms. The van der Waals surface area contributed by atoms with Gasteiger partial charge in [0.05, 0.1) is 0 Å². The fraction of sp³-hybridized carbons (Fsp3) is 0.571. The number of nitrogens with zero attached hydrogens (tertiary/aromatic N) is 1. The first-order valence-electron chi connectivity index (χ1n) is 6.19. The third kappa shape index (κ3) is 2.22. The van der Waals surface area contributed by atoms with E-state index in [0.29, 0.717) is 12.1 Å².